The van der Waals surface area contributed by atoms with Gasteiger partial charge in [0.15, 0.2) is 0 Å². The minimum atomic E-state index is -0.0666. The van der Waals surface area contributed by atoms with Gasteiger partial charge in [-0.2, -0.15) is 0 Å². The zero-order valence-corrected chi connectivity index (χ0v) is 13.1. The first-order valence-electron chi connectivity index (χ1n) is 8.07. The zero-order valence-electron chi connectivity index (χ0n) is 13.1. The molecule has 120 valence electrons. The number of piperidine rings is 1. The fourth-order valence-electron chi connectivity index (χ4n) is 3.12. The molecule has 1 N–H and O–H groups in total. The van der Waals surface area contributed by atoms with E-state index in [0.29, 0.717) is 13.2 Å². The second-order valence-corrected chi connectivity index (χ2v) is 6.01. The number of hydrogen-bond acceptors (Lipinski definition) is 4. The van der Waals surface area contributed by atoms with Crippen molar-refractivity contribution in [3.63, 3.8) is 0 Å². The monoisotopic (exact) mass is 304 g/mol. The lowest BCUT2D eigenvalue weighted by Crippen LogP contribution is -2.47. The largest absolute Gasteiger partial charge is 0.367 e. The Morgan fingerprint density at radius 1 is 1.18 bits per heavy atom. The molecule has 3 rings (SSSR count). The van der Waals surface area contributed by atoms with E-state index < -0.39 is 0 Å². The van der Waals surface area contributed by atoms with Crippen LogP contribution in [-0.2, 0) is 14.3 Å². The van der Waals surface area contributed by atoms with E-state index in [1.807, 2.05) is 24.3 Å². The molecule has 0 aromatic heterocycles. The Balaban J connectivity index is 1.57. The average Bonchev–Trinajstić information content (AvgIpc) is 2.55. The van der Waals surface area contributed by atoms with Crippen LogP contribution >= 0.6 is 0 Å². The third-order valence-corrected chi connectivity index (χ3v) is 4.26. The molecule has 2 saturated heterocycles. The van der Waals surface area contributed by atoms with Crippen LogP contribution < -0.4 is 5.32 Å². The number of hydrogen-bond donors (Lipinski definition) is 1. The Morgan fingerprint density at radius 2 is 2.00 bits per heavy atom. The van der Waals surface area contributed by atoms with Gasteiger partial charge in [-0.15, -0.1) is 0 Å². The van der Waals surface area contributed by atoms with Crippen molar-refractivity contribution >= 4 is 11.6 Å². The number of likely N-dealkylation sites (tertiary alicyclic amines) is 1. The molecule has 2 aliphatic rings. The van der Waals surface area contributed by atoms with E-state index in [1.54, 1.807) is 0 Å². The fourth-order valence-corrected chi connectivity index (χ4v) is 3.12. The lowest BCUT2D eigenvalue weighted by atomic mass is 10.1. The molecule has 2 unspecified atom stereocenters. The molecule has 1 aromatic rings. The number of benzene rings is 1. The topological polar surface area (TPSA) is 50.8 Å². The van der Waals surface area contributed by atoms with Gasteiger partial charge in [0, 0.05) is 25.7 Å². The number of carbonyl (C=O) groups excluding carboxylic acids is 1. The molecule has 2 fully saturated rings. The molecule has 2 heterocycles. The predicted octanol–water partition coefficient (Wildman–Crippen LogP) is 2.54. The third kappa shape index (κ3) is 3.85. The van der Waals surface area contributed by atoms with Gasteiger partial charge in [0.1, 0.15) is 12.3 Å². The summed E-state index contributed by atoms with van der Waals surface area (Å²) >= 11 is 0. The van der Waals surface area contributed by atoms with E-state index in [0.717, 1.165) is 24.3 Å². The van der Waals surface area contributed by atoms with E-state index in [2.05, 4.69) is 10.2 Å². The van der Waals surface area contributed by atoms with Crippen molar-refractivity contribution in [1.82, 2.24) is 4.90 Å². The van der Waals surface area contributed by atoms with Crippen LogP contribution in [0.3, 0.4) is 0 Å². The maximum absolute atomic E-state index is 11.1. The molecular formula is C17H24N2O3. The van der Waals surface area contributed by atoms with E-state index in [1.165, 1.54) is 26.2 Å². The highest BCUT2D eigenvalue weighted by atomic mass is 16.6. The zero-order chi connectivity index (χ0) is 15.4. The SMILES string of the molecule is CC(=O)Nc1cccc(C2COC(N3CCCCC3)CO2)c1. The molecule has 5 nitrogen and oxygen atoms in total. The quantitative estimate of drug-likeness (QED) is 0.932. The van der Waals surface area contributed by atoms with Gasteiger partial charge in [-0.05, 0) is 30.5 Å². The predicted molar refractivity (Wildman–Crippen MR) is 84.6 cm³/mol. The molecule has 22 heavy (non-hydrogen) atoms. The van der Waals surface area contributed by atoms with E-state index in [9.17, 15) is 4.79 Å². The number of ether oxygens (including phenoxy) is 2. The van der Waals surface area contributed by atoms with Gasteiger partial charge >= 0.3 is 0 Å². The Bertz CT molecular complexity index is 506. The summed E-state index contributed by atoms with van der Waals surface area (Å²) in [5, 5.41) is 2.80. The fraction of sp³-hybridized carbons (Fsp3) is 0.588. The maximum Gasteiger partial charge on any atom is 0.221 e. The van der Waals surface area contributed by atoms with Crippen LogP contribution in [0.2, 0.25) is 0 Å². The molecule has 0 bridgehead atoms. The second kappa shape index (κ2) is 7.22. The molecule has 5 heteroatoms. The summed E-state index contributed by atoms with van der Waals surface area (Å²) in [7, 11) is 0. The maximum atomic E-state index is 11.1. The third-order valence-electron chi connectivity index (χ3n) is 4.26. The smallest absolute Gasteiger partial charge is 0.221 e. The molecule has 2 aliphatic heterocycles. The van der Waals surface area contributed by atoms with Gasteiger partial charge in [0.25, 0.3) is 0 Å². The minimum Gasteiger partial charge on any atom is -0.367 e. The highest BCUT2D eigenvalue weighted by Gasteiger charge is 2.28. The first-order valence-corrected chi connectivity index (χ1v) is 8.07. The molecule has 1 aromatic carbocycles. The molecule has 0 aliphatic carbocycles. The number of anilines is 1. The van der Waals surface area contributed by atoms with E-state index in [4.69, 9.17) is 9.47 Å². The molecule has 0 radical (unpaired) electrons. The van der Waals surface area contributed by atoms with Gasteiger partial charge in [-0.3, -0.25) is 9.69 Å². The van der Waals surface area contributed by atoms with Gasteiger partial charge in [0.05, 0.1) is 13.2 Å². The van der Waals surface area contributed by atoms with Crippen LogP contribution in [0.5, 0.6) is 0 Å². The summed E-state index contributed by atoms with van der Waals surface area (Å²) in [5.74, 6) is -0.0666. The van der Waals surface area contributed by atoms with Crippen LogP contribution in [0.15, 0.2) is 24.3 Å². The normalized spacial score (nSPS) is 26.6. The Morgan fingerprint density at radius 3 is 2.68 bits per heavy atom. The van der Waals surface area contributed by atoms with Crippen molar-refractivity contribution in [2.75, 3.05) is 31.6 Å². The molecule has 0 saturated carbocycles. The Labute approximate surface area is 131 Å². The van der Waals surface area contributed by atoms with Crippen molar-refractivity contribution in [1.29, 1.82) is 0 Å². The summed E-state index contributed by atoms with van der Waals surface area (Å²) in [6.07, 6.45) is 3.86. The lowest BCUT2D eigenvalue weighted by molar-refractivity contribution is -0.190. The van der Waals surface area contributed by atoms with E-state index in [-0.39, 0.29) is 18.2 Å². The number of nitrogens with zero attached hydrogens (tertiary/aromatic N) is 1. The van der Waals surface area contributed by atoms with Crippen LogP contribution in [0, 0.1) is 0 Å². The van der Waals surface area contributed by atoms with Gasteiger partial charge in [-0.25, -0.2) is 0 Å². The van der Waals surface area contributed by atoms with Gasteiger partial charge in [0.2, 0.25) is 5.91 Å². The summed E-state index contributed by atoms with van der Waals surface area (Å²) in [5.41, 5.74) is 1.84. The number of rotatable bonds is 3. The van der Waals surface area contributed by atoms with Crippen molar-refractivity contribution in [2.45, 2.75) is 38.5 Å². The molecule has 1 amide bonds. The highest BCUT2D eigenvalue weighted by Crippen LogP contribution is 2.27. The van der Waals surface area contributed by atoms with Crippen molar-refractivity contribution in [3.8, 4) is 0 Å². The number of amides is 1. The van der Waals surface area contributed by atoms with Crippen molar-refractivity contribution < 1.29 is 14.3 Å². The summed E-state index contributed by atoms with van der Waals surface area (Å²) in [6, 6.07) is 7.78. The van der Waals surface area contributed by atoms with Crippen molar-refractivity contribution in [3.05, 3.63) is 29.8 Å². The van der Waals surface area contributed by atoms with Crippen LogP contribution in [0.1, 0.15) is 37.9 Å². The second-order valence-electron chi connectivity index (χ2n) is 6.01. The minimum absolute atomic E-state index is 0.0604. The number of nitrogens with one attached hydrogen (secondary N) is 1. The molecule has 0 spiro atoms. The highest BCUT2D eigenvalue weighted by molar-refractivity contribution is 5.88. The number of carbonyl (C=O) groups is 1. The summed E-state index contributed by atoms with van der Waals surface area (Å²) < 4.78 is 12.0. The summed E-state index contributed by atoms with van der Waals surface area (Å²) in [4.78, 5) is 13.5. The van der Waals surface area contributed by atoms with Crippen molar-refractivity contribution in [2.24, 2.45) is 0 Å². The van der Waals surface area contributed by atoms with Gasteiger partial charge in [-0.1, -0.05) is 18.6 Å². The van der Waals surface area contributed by atoms with Gasteiger partial charge < -0.3 is 14.8 Å². The average molecular weight is 304 g/mol. The molecule has 2 atom stereocenters. The van der Waals surface area contributed by atoms with Crippen LogP contribution in [0.25, 0.3) is 0 Å². The van der Waals surface area contributed by atoms with Crippen LogP contribution in [0.4, 0.5) is 5.69 Å². The summed E-state index contributed by atoms with van der Waals surface area (Å²) in [6.45, 7) is 4.89. The standard InChI is InChI=1S/C17H24N2O3/c1-13(20)18-15-7-5-6-14(10-15)16-11-22-17(12-21-16)19-8-3-2-4-9-19/h5-7,10,16-17H,2-4,8-9,11-12H2,1H3,(H,18,20). The Hall–Kier alpha value is -1.43. The first kappa shape index (κ1) is 15.5. The van der Waals surface area contributed by atoms with Crippen LogP contribution in [-0.4, -0.2) is 43.3 Å². The Kier molecular flexibility index (Phi) is 5.08. The van der Waals surface area contributed by atoms with E-state index >= 15 is 0 Å². The molecular weight excluding hydrogens is 280 g/mol. The first-order chi connectivity index (χ1) is 10.7. The lowest BCUT2D eigenvalue weighted by Gasteiger charge is -2.38.